The molecule has 0 radical (unpaired) electrons. The molecule has 0 spiro atoms. The van der Waals surface area contributed by atoms with Crippen LogP contribution in [0.1, 0.15) is 22.3 Å². The topological polar surface area (TPSA) is 3.24 Å². The minimum absolute atomic E-state index is 0.640. The summed E-state index contributed by atoms with van der Waals surface area (Å²) in [4.78, 5) is 2.39. The highest BCUT2D eigenvalue weighted by Crippen LogP contribution is 2.56. The molecule has 0 bridgehead atoms. The number of hydrogen-bond donors (Lipinski definition) is 0. The predicted octanol–water partition coefficient (Wildman–Crippen LogP) is 11.2. The monoisotopic (exact) mass is 585 g/mol. The summed E-state index contributed by atoms with van der Waals surface area (Å²) in [7, 11) is 0. The average Bonchev–Trinajstić information content (AvgIpc) is 3.44. The quantitative estimate of drug-likeness (QED) is 0.182. The fourth-order valence-corrected chi connectivity index (χ4v) is 6.83. The Labute approximate surface area is 271 Å². The Kier molecular flexibility index (Phi) is 7.02. The summed E-state index contributed by atoms with van der Waals surface area (Å²) in [5.74, 6) is 7.42. The second-order valence-corrected chi connectivity index (χ2v) is 11.6. The molecule has 0 saturated carbocycles. The standard InChI is InChI=1S/C45H31N/c1-5-16-34(17-6-1)32-33-45(37-20-9-3-10-21-37)41-25-14-13-24-40(41)44-42(45)26-15-27-43(44)46(38-22-11-4-12-23-38)39-30-28-36(29-31-39)35-18-7-2-8-19-35/h1-31H. The minimum atomic E-state index is -0.640. The van der Waals surface area contributed by atoms with Gasteiger partial charge in [-0.05, 0) is 75.8 Å². The van der Waals surface area contributed by atoms with Crippen LogP contribution in [0.15, 0.2) is 188 Å². The Morgan fingerprint density at radius 1 is 0.413 bits per heavy atom. The molecule has 1 nitrogen and oxygen atoms in total. The molecule has 1 atom stereocenters. The van der Waals surface area contributed by atoms with Gasteiger partial charge in [0.05, 0.1) is 5.69 Å². The maximum atomic E-state index is 3.84. The van der Waals surface area contributed by atoms with Crippen molar-refractivity contribution in [3.8, 4) is 34.1 Å². The first-order valence-corrected chi connectivity index (χ1v) is 15.7. The molecule has 1 aliphatic carbocycles. The van der Waals surface area contributed by atoms with Gasteiger partial charge in [-0.1, -0.05) is 157 Å². The van der Waals surface area contributed by atoms with E-state index >= 15 is 0 Å². The molecule has 7 aromatic rings. The van der Waals surface area contributed by atoms with E-state index in [1.165, 1.54) is 38.9 Å². The molecular formula is C45H31N. The van der Waals surface area contributed by atoms with E-state index < -0.39 is 5.41 Å². The molecule has 0 amide bonds. The van der Waals surface area contributed by atoms with Crippen LogP contribution in [-0.4, -0.2) is 0 Å². The van der Waals surface area contributed by atoms with Crippen molar-refractivity contribution >= 4 is 17.1 Å². The Morgan fingerprint density at radius 3 is 1.67 bits per heavy atom. The highest BCUT2D eigenvalue weighted by molar-refractivity contribution is 5.97. The molecule has 46 heavy (non-hydrogen) atoms. The third-order valence-corrected chi connectivity index (χ3v) is 8.91. The Bertz CT molecular complexity index is 2180. The van der Waals surface area contributed by atoms with Crippen LogP contribution in [0.3, 0.4) is 0 Å². The zero-order chi connectivity index (χ0) is 30.8. The average molecular weight is 586 g/mol. The van der Waals surface area contributed by atoms with Gasteiger partial charge in [0.2, 0.25) is 0 Å². The number of anilines is 3. The first kappa shape index (κ1) is 27.4. The predicted molar refractivity (Wildman–Crippen MR) is 192 cm³/mol. The highest BCUT2D eigenvalue weighted by atomic mass is 15.1. The molecule has 1 heteroatoms. The SMILES string of the molecule is C(#CC1(c2ccccc2)c2ccccc2-c2c(N(c3ccccc3)c3ccc(-c4ccccc4)cc3)cccc21)c1ccccc1. The molecule has 0 saturated heterocycles. The fraction of sp³-hybridized carbons (Fsp3) is 0.0222. The number of benzene rings is 7. The van der Waals surface area contributed by atoms with Gasteiger partial charge < -0.3 is 4.90 Å². The van der Waals surface area contributed by atoms with Crippen LogP contribution < -0.4 is 4.90 Å². The molecule has 8 rings (SSSR count). The van der Waals surface area contributed by atoms with Crippen LogP contribution >= 0.6 is 0 Å². The lowest BCUT2D eigenvalue weighted by Gasteiger charge is -2.30. The number of nitrogens with zero attached hydrogens (tertiary/aromatic N) is 1. The van der Waals surface area contributed by atoms with Crippen molar-refractivity contribution in [1.82, 2.24) is 0 Å². The smallest absolute Gasteiger partial charge is 0.108 e. The second-order valence-electron chi connectivity index (χ2n) is 11.6. The van der Waals surface area contributed by atoms with Crippen molar-refractivity contribution in [3.63, 3.8) is 0 Å². The van der Waals surface area contributed by atoms with Crippen LogP contribution in [0.2, 0.25) is 0 Å². The largest absolute Gasteiger partial charge is 0.310 e. The van der Waals surface area contributed by atoms with Gasteiger partial charge >= 0.3 is 0 Å². The summed E-state index contributed by atoms with van der Waals surface area (Å²) in [5, 5.41) is 0. The minimum Gasteiger partial charge on any atom is -0.310 e. The Morgan fingerprint density at radius 2 is 0.957 bits per heavy atom. The van der Waals surface area contributed by atoms with Crippen molar-refractivity contribution < 1.29 is 0 Å². The molecule has 0 N–H and O–H groups in total. The molecule has 1 aliphatic rings. The van der Waals surface area contributed by atoms with E-state index in [1.807, 2.05) is 6.07 Å². The molecule has 1 unspecified atom stereocenters. The number of para-hydroxylation sites is 1. The first-order valence-electron chi connectivity index (χ1n) is 15.7. The summed E-state index contributed by atoms with van der Waals surface area (Å²) >= 11 is 0. The van der Waals surface area contributed by atoms with Gasteiger partial charge in [0.15, 0.2) is 0 Å². The highest BCUT2D eigenvalue weighted by Gasteiger charge is 2.45. The van der Waals surface area contributed by atoms with E-state index in [-0.39, 0.29) is 0 Å². The molecule has 0 heterocycles. The lowest BCUT2D eigenvalue weighted by molar-refractivity contribution is 0.837. The van der Waals surface area contributed by atoms with Crippen molar-refractivity contribution in [3.05, 3.63) is 210 Å². The molecule has 216 valence electrons. The van der Waals surface area contributed by atoms with Gasteiger partial charge in [0.1, 0.15) is 5.41 Å². The molecular weight excluding hydrogens is 555 g/mol. The summed E-state index contributed by atoms with van der Waals surface area (Å²) < 4.78 is 0. The summed E-state index contributed by atoms with van der Waals surface area (Å²) in [5.41, 5.74) is 12.1. The van der Waals surface area contributed by atoms with E-state index in [4.69, 9.17) is 0 Å². The van der Waals surface area contributed by atoms with Crippen LogP contribution in [0.25, 0.3) is 22.3 Å². The first-order chi connectivity index (χ1) is 22.8. The van der Waals surface area contributed by atoms with E-state index in [0.29, 0.717) is 0 Å². The van der Waals surface area contributed by atoms with Gasteiger partial charge in [-0.2, -0.15) is 0 Å². The maximum absolute atomic E-state index is 3.84. The normalized spacial score (nSPS) is 14.4. The van der Waals surface area contributed by atoms with Crippen molar-refractivity contribution in [2.75, 3.05) is 4.90 Å². The molecule has 0 fully saturated rings. The van der Waals surface area contributed by atoms with Gasteiger partial charge in [-0.25, -0.2) is 0 Å². The Balaban J connectivity index is 1.38. The zero-order valence-corrected chi connectivity index (χ0v) is 25.3. The van der Waals surface area contributed by atoms with E-state index in [1.54, 1.807) is 0 Å². The molecule has 0 aromatic heterocycles. The van der Waals surface area contributed by atoms with Crippen LogP contribution in [-0.2, 0) is 5.41 Å². The number of rotatable bonds is 5. The third-order valence-electron chi connectivity index (χ3n) is 8.91. The second kappa shape index (κ2) is 11.8. The number of fused-ring (bicyclic) bond motifs is 3. The van der Waals surface area contributed by atoms with Crippen LogP contribution in [0.4, 0.5) is 17.1 Å². The third kappa shape index (κ3) is 4.69. The zero-order valence-electron chi connectivity index (χ0n) is 25.3. The maximum Gasteiger partial charge on any atom is 0.108 e. The summed E-state index contributed by atoms with van der Waals surface area (Å²) in [6.07, 6.45) is 0. The van der Waals surface area contributed by atoms with Crippen molar-refractivity contribution in [1.29, 1.82) is 0 Å². The van der Waals surface area contributed by atoms with E-state index in [9.17, 15) is 0 Å². The van der Waals surface area contributed by atoms with E-state index in [2.05, 4.69) is 199 Å². The molecule has 0 aliphatic heterocycles. The van der Waals surface area contributed by atoms with Crippen molar-refractivity contribution in [2.45, 2.75) is 5.41 Å². The lowest BCUT2D eigenvalue weighted by atomic mass is 9.73. The number of hydrogen-bond acceptors (Lipinski definition) is 1. The lowest BCUT2D eigenvalue weighted by Crippen LogP contribution is -2.25. The van der Waals surface area contributed by atoms with E-state index in [0.717, 1.165) is 22.6 Å². The van der Waals surface area contributed by atoms with Crippen LogP contribution in [0.5, 0.6) is 0 Å². The summed E-state index contributed by atoms with van der Waals surface area (Å²) in [6.45, 7) is 0. The Hall–Kier alpha value is -6.10. The van der Waals surface area contributed by atoms with Gasteiger partial charge in [-0.3, -0.25) is 0 Å². The van der Waals surface area contributed by atoms with Gasteiger partial charge in [-0.15, -0.1) is 0 Å². The van der Waals surface area contributed by atoms with Gasteiger partial charge in [0, 0.05) is 22.5 Å². The van der Waals surface area contributed by atoms with Gasteiger partial charge in [0.25, 0.3) is 0 Å². The summed E-state index contributed by atoms with van der Waals surface area (Å²) in [6, 6.07) is 66.7. The fourth-order valence-electron chi connectivity index (χ4n) is 6.83. The van der Waals surface area contributed by atoms with Crippen molar-refractivity contribution in [2.24, 2.45) is 0 Å². The molecule has 7 aromatic carbocycles. The van der Waals surface area contributed by atoms with Crippen LogP contribution in [0, 0.1) is 11.8 Å².